The normalized spacial score (nSPS) is 25.0. The lowest BCUT2D eigenvalue weighted by atomic mass is 10.1. The quantitative estimate of drug-likeness (QED) is 0.918. The van der Waals surface area contributed by atoms with Crippen LogP contribution in [0.15, 0.2) is 24.3 Å². The van der Waals surface area contributed by atoms with Crippen LogP contribution >= 0.6 is 0 Å². The number of aryl methyl sites for hydroxylation is 1. The smallest absolute Gasteiger partial charge is 0.228 e. The summed E-state index contributed by atoms with van der Waals surface area (Å²) in [6.07, 6.45) is 1.31. The molecule has 5 heteroatoms. The maximum absolute atomic E-state index is 12.7. The van der Waals surface area contributed by atoms with Gasteiger partial charge >= 0.3 is 0 Å². The number of piperazine rings is 1. The summed E-state index contributed by atoms with van der Waals surface area (Å²) in [4.78, 5) is 28.7. The number of amides is 2. The second-order valence-electron chi connectivity index (χ2n) is 6.56. The second kappa shape index (κ2) is 6.71. The summed E-state index contributed by atoms with van der Waals surface area (Å²) in [6.45, 7) is 6.99. The van der Waals surface area contributed by atoms with Gasteiger partial charge in [-0.25, -0.2) is 0 Å². The fraction of sp³-hybridized carbons (Fsp3) is 0.556. The Balaban J connectivity index is 1.67. The predicted octanol–water partition coefficient (Wildman–Crippen LogP) is 1.42. The first kappa shape index (κ1) is 16.0. The van der Waals surface area contributed by atoms with Gasteiger partial charge in [0.1, 0.15) is 0 Å². The molecule has 1 aromatic rings. The molecule has 1 N–H and O–H groups in total. The number of hydrogen-bond acceptors (Lipinski definition) is 3. The molecular weight excluding hydrogens is 290 g/mol. The van der Waals surface area contributed by atoms with E-state index in [-0.39, 0.29) is 17.7 Å². The molecule has 5 nitrogen and oxygen atoms in total. The van der Waals surface area contributed by atoms with Gasteiger partial charge in [-0.3, -0.25) is 9.59 Å². The number of nitrogens with zero attached hydrogens (tertiary/aromatic N) is 2. The minimum atomic E-state index is -0.210. The van der Waals surface area contributed by atoms with E-state index in [9.17, 15) is 9.59 Å². The number of hydrogen-bond donors (Lipinski definition) is 1. The fourth-order valence-corrected chi connectivity index (χ4v) is 3.42. The van der Waals surface area contributed by atoms with E-state index in [0.29, 0.717) is 19.0 Å². The Kier molecular flexibility index (Phi) is 4.66. The zero-order valence-electron chi connectivity index (χ0n) is 13.9. The van der Waals surface area contributed by atoms with Gasteiger partial charge in [0.2, 0.25) is 11.8 Å². The largest absolute Gasteiger partial charge is 0.340 e. The van der Waals surface area contributed by atoms with Gasteiger partial charge in [0.15, 0.2) is 0 Å². The number of nitrogens with one attached hydrogen (secondary N) is 1. The van der Waals surface area contributed by atoms with Crippen molar-refractivity contribution in [2.24, 2.45) is 5.92 Å². The summed E-state index contributed by atoms with van der Waals surface area (Å²) in [5, 5.41) is 3.34. The Hall–Kier alpha value is -1.88. The SMILES string of the molecule is CCc1ccc(N2CC(C(=O)N3CCNC(C)C3)CC2=O)cc1. The molecule has 2 amide bonds. The first-order valence-electron chi connectivity index (χ1n) is 8.50. The van der Waals surface area contributed by atoms with Gasteiger partial charge in [-0.15, -0.1) is 0 Å². The summed E-state index contributed by atoms with van der Waals surface area (Å²) >= 11 is 0. The molecule has 23 heavy (non-hydrogen) atoms. The summed E-state index contributed by atoms with van der Waals surface area (Å²) < 4.78 is 0. The number of carbonyl (C=O) groups excluding carboxylic acids is 2. The lowest BCUT2D eigenvalue weighted by Gasteiger charge is -2.33. The van der Waals surface area contributed by atoms with Crippen LogP contribution in [0, 0.1) is 5.92 Å². The molecule has 2 atom stereocenters. The second-order valence-corrected chi connectivity index (χ2v) is 6.56. The highest BCUT2D eigenvalue weighted by atomic mass is 16.2. The molecule has 0 spiro atoms. The van der Waals surface area contributed by atoms with Gasteiger partial charge in [-0.2, -0.15) is 0 Å². The van der Waals surface area contributed by atoms with E-state index in [1.165, 1.54) is 5.56 Å². The van der Waals surface area contributed by atoms with Crippen LogP contribution < -0.4 is 10.2 Å². The standard InChI is InChI=1S/C18H25N3O2/c1-3-14-4-6-16(7-5-14)21-12-15(10-17(21)22)18(23)20-9-8-19-13(2)11-20/h4-7,13,15,19H,3,8-12H2,1-2H3. The van der Waals surface area contributed by atoms with Crippen LogP contribution in [0.4, 0.5) is 5.69 Å². The Bertz CT molecular complexity index is 584. The lowest BCUT2D eigenvalue weighted by molar-refractivity contribution is -0.136. The Labute approximate surface area is 137 Å². The fourth-order valence-electron chi connectivity index (χ4n) is 3.42. The van der Waals surface area contributed by atoms with Crippen molar-refractivity contribution in [2.75, 3.05) is 31.1 Å². The molecule has 0 saturated carbocycles. The average Bonchev–Trinajstić information content (AvgIpc) is 2.96. The third-order valence-electron chi connectivity index (χ3n) is 4.81. The molecule has 3 rings (SSSR count). The molecule has 0 radical (unpaired) electrons. The average molecular weight is 315 g/mol. The van der Waals surface area contributed by atoms with Crippen LogP contribution in [0.3, 0.4) is 0 Å². The molecule has 0 aliphatic carbocycles. The number of carbonyl (C=O) groups is 2. The topological polar surface area (TPSA) is 52.7 Å². The highest BCUT2D eigenvalue weighted by molar-refractivity contribution is 6.00. The first-order chi connectivity index (χ1) is 11.1. The zero-order valence-corrected chi connectivity index (χ0v) is 13.9. The highest BCUT2D eigenvalue weighted by Crippen LogP contribution is 2.27. The van der Waals surface area contributed by atoms with E-state index < -0.39 is 0 Å². The molecule has 1 aromatic carbocycles. The van der Waals surface area contributed by atoms with E-state index in [1.54, 1.807) is 4.90 Å². The van der Waals surface area contributed by atoms with Gasteiger partial charge in [-0.05, 0) is 31.0 Å². The van der Waals surface area contributed by atoms with Crippen molar-refractivity contribution in [1.82, 2.24) is 10.2 Å². The van der Waals surface area contributed by atoms with Gasteiger partial charge < -0.3 is 15.1 Å². The molecule has 124 valence electrons. The van der Waals surface area contributed by atoms with Crippen LogP contribution in [0.1, 0.15) is 25.8 Å². The molecule has 2 unspecified atom stereocenters. The molecule has 2 fully saturated rings. The molecule has 2 heterocycles. The third kappa shape index (κ3) is 3.39. The summed E-state index contributed by atoms with van der Waals surface area (Å²) in [5.41, 5.74) is 2.15. The van der Waals surface area contributed by atoms with Gasteiger partial charge in [0.25, 0.3) is 0 Å². The molecule has 2 saturated heterocycles. The molecular formula is C18H25N3O2. The van der Waals surface area contributed by atoms with Crippen molar-refractivity contribution in [3.05, 3.63) is 29.8 Å². The van der Waals surface area contributed by atoms with Gasteiger partial charge in [0.05, 0.1) is 5.92 Å². The highest BCUT2D eigenvalue weighted by Gasteiger charge is 2.37. The number of rotatable bonds is 3. The van der Waals surface area contributed by atoms with Crippen LogP contribution in [0.25, 0.3) is 0 Å². The Morgan fingerprint density at radius 1 is 1.26 bits per heavy atom. The van der Waals surface area contributed by atoms with Gasteiger partial charge in [-0.1, -0.05) is 19.1 Å². The first-order valence-corrected chi connectivity index (χ1v) is 8.50. The van der Waals surface area contributed by atoms with Crippen molar-refractivity contribution in [1.29, 1.82) is 0 Å². The predicted molar refractivity (Wildman–Crippen MR) is 90.3 cm³/mol. The minimum absolute atomic E-state index is 0.0516. The molecule has 2 aliphatic rings. The number of anilines is 1. The summed E-state index contributed by atoms with van der Waals surface area (Å²) in [5.74, 6) is -0.0335. The zero-order chi connectivity index (χ0) is 16.4. The monoisotopic (exact) mass is 315 g/mol. The number of benzene rings is 1. The van der Waals surface area contributed by atoms with Crippen LogP contribution in [0.5, 0.6) is 0 Å². The van der Waals surface area contributed by atoms with Crippen LogP contribution in [-0.2, 0) is 16.0 Å². The molecule has 2 aliphatic heterocycles. The van der Waals surface area contributed by atoms with E-state index in [4.69, 9.17) is 0 Å². The maximum Gasteiger partial charge on any atom is 0.228 e. The van der Waals surface area contributed by atoms with E-state index >= 15 is 0 Å². The summed E-state index contributed by atoms with van der Waals surface area (Å²) in [7, 11) is 0. The minimum Gasteiger partial charge on any atom is -0.340 e. The van der Waals surface area contributed by atoms with E-state index in [1.807, 2.05) is 17.0 Å². The summed E-state index contributed by atoms with van der Waals surface area (Å²) in [6, 6.07) is 8.39. The van der Waals surface area contributed by atoms with E-state index in [2.05, 4.69) is 31.3 Å². The lowest BCUT2D eigenvalue weighted by Crippen LogP contribution is -2.53. The van der Waals surface area contributed by atoms with Crippen molar-refractivity contribution >= 4 is 17.5 Å². The maximum atomic E-state index is 12.7. The van der Waals surface area contributed by atoms with Crippen molar-refractivity contribution in [3.8, 4) is 0 Å². The van der Waals surface area contributed by atoms with Crippen molar-refractivity contribution in [2.45, 2.75) is 32.7 Å². The molecule has 0 aromatic heterocycles. The van der Waals surface area contributed by atoms with E-state index in [0.717, 1.165) is 31.7 Å². The van der Waals surface area contributed by atoms with Crippen LogP contribution in [0.2, 0.25) is 0 Å². The van der Waals surface area contributed by atoms with Gasteiger partial charge in [0, 0.05) is 44.3 Å². The Morgan fingerprint density at radius 2 is 2.00 bits per heavy atom. The van der Waals surface area contributed by atoms with Crippen molar-refractivity contribution < 1.29 is 9.59 Å². The Morgan fingerprint density at radius 3 is 2.65 bits per heavy atom. The third-order valence-corrected chi connectivity index (χ3v) is 4.81. The van der Waals surface area contributed by atoms with Crippen molar-refractivity contribution in [3.63, 3.8) is 0 Å². The van der Waals surface area contributed by atoms with Crippen LogP contribution in [-0.4, -0.2) is 48.9 Å². The molecule has 0 bridgehead atoms.